The molecule has 2 heterocycles. The van der Waals surface area contributed by atoms with Crippen LogP contribution in [0.3, 0.4) is 0 Å². The molecule has 1 saturated heterocycles. The molecule has 0 saturated carbocycles. The number of fused-ring (bicyclic) bond motifs is 1. The van der Waals surface area contributed by atoms with Crippen molar-refractivity contribution >= 4 is 34.0 Å². The second-order valence-corrected chi connectivity index (χ2v) is 8.99. The number of halogens is 2. The number of nitrogen functional groups attached to an aromatic ring is 1. The van der Waals surface area contributed by atoms with Crippen LogP contribution in [0.15, 0.2) is 16.5 Å². The molecule has 3 N–H and O–H groups in total. The number of β-amino-alcohol motifs (C(OH)–C–C–N with tert-alkyl or cyclic N) is 1. The van der Waals surface area contributed by atoms with Crippen molar-refractivity contribution in [3.8, 4) is 0 Å². The molecule has 3 rings (SSSR count). The van der Waals surface area contributed by atoms with E-state index in [0.717, 1.165) is 0 Å². The van der Waals surface area contributed by atoms with Crippen LogP contribution in [0.5, 0.6) is 0 Å². The SMILES string of the molecule is Cc1cc2c(N)c(Cl)cc(C(=O)CCC3(F)CCN(CC(C)(C)O)CC3)c2o1. The Bertz CT molecular complexity index is 880. The van der Waals surface area contributed by atoms with Gasteiger partial charge in [-0.15, -0.1) is 0 Å². The number of ketones is 1. The lowest BCUT2D eigenvalue weighted by Crippen LogP contribution is -2.47. The van der Waals surface area contributed by atoms with Crippen molar-refractivity contribution in [2.45, 2.75) is 57.7 Å². The molecule has 0 spiro atoms. The molecule has 0 unspecified atom stereocenters. The first-order chi connectivity index (χ1) is 13.0. The number of furan rings is 1. The Kier molecular flexibility index (Phi) is 5.76. The van der Waals surface area contributed by atoms with E-state index >= 15 is 4.39 Å². The van der Waals surface area contributed by atoms with E-state index < -0.39 is 11.3 Å². The fourth-order valence-corrected chi connectivity index (χ4v) is 4.11. The summed E-state index contributed by atoms with van der Waals surface area (Å²) in [7, 11) is 0. The molecule has 1 aromatic carbocycles. The average Bonchev–Trinajstić information content (AvgIpc) is 2.99. The van der Waals surface area contributed by atoms with Crippen molar-refractivity contribution in [3.63, 3.8) is 0 Å². The molecule has 1 aliphatic heterocycles. The minimum atomic E-state index is -1.37. The summed E-state index contributed by atoms with van der Waals surface area (Å²) in [6.45, 7) is 6.94. The molecule has 1 aromatic heterocycles. The Morgan fingerprint density at radius 2 is 2.04 bits per heavy atom. The zero-order valence-electron chi connectivity index (χ0n) is 16.6. The summed E-state index contributed by atoms with van der Waals surface area (Å²) >= 11 is 6.17. The molecule has 0 bridgehead atoms. The summed E-state index contributed by atoms with van der Waals surface area (Å²) in [6, 6.07) is 3.27. The van der Waals surface area contributed by atoms with E-state index in [4.69, 9.17) is 21.8 Å². The van der Waals surface area contributed by atoms with Gasteiger partial charge in [0.15, 0.2) is 5.78 Å². The first kappa shape index (κ1) is 21.1. The van der Waals surface area contributed by atoms with E-state index in [0.29, 0.717) is 65.5 Å². The Morgan fingerprint density at radius 3 is 2.64 bits per heavy atom. The minimum Gasteiger partial charge on any atom is -0.461 e. The van der Waals surface area contributed by atoms with Crippen LogP contribution in [0.1, 0.15) is 55.6 Å². The highest BCUT2D eigenvalue weighted by molar-refractivity contribution is 6.35. The number of carbonyl (C=O) groups excluding carboxylic acids is 1. The number of anilines is 1. The topological polar surface area (TPSA) is 79.7 Å². The number of aryl methyl sites for hydroxylation is 1. The summed E-state index contributed by atoms with van der Waals surface area (Å²) in [5.74, 6) is 0.441. The number of nitrogens with two attached hydrogens (primary N) is 1. The summed E-state index contributed by atoms with van der Waals surface area (Å²) < 4.78 is 20.9. The lowest BCUT2D eigenvalue weighted by atomic mass is 9.86. The maximum Gasteiger partial charge on any atom is 0.166 e. The van der Waals surface area contributed by atoms with Gasteiger partial charge >= 0.3 is 0 Å². The number of likely N-dealkylation sites (tertiary alicyclic amines) is 1. The number of benzene rings is 1. The molecular weight excluding hydrogens is 383 g/mol. The van der Waals surface area contributed by atoms with Crippen molar-refractivity contribution in [1.82, 2.24) is 4.90 Å². The number of Topliss-reactive ketones (excluding diaryl/α,β-unsaturated/α-hetero) is 1. The highest BCUT2D eigenvalue weighted by atomic mass is 35.5. The second kappa shape index (κ2) is 7.65. The number of hydrogen-bond donors (Lipinski definition) is 2. The van der Waals surface area contributed by atoms with Crippen LogP contribution in [-0.4, -0.2) is 46.7 Å². The van der Waals surface area contributed by atoms with Crippen molar-refractivity contribution in [2.24, 2.45) is 0 Å². The molecule has 0 aliphatic carbocycles. The molecule has 0 amide bonds. The summed E-state index contributed by atoms with van der Waals surface area (Å²) in [5.41, 5.74) is 4.96. The normalized spacial score (nSPS) is 17.9. The van der Waals surface area contributed by atoms with Gasteiger partial charge in [0.2, 0.25) is 0 Å². The lowest BCUT2D eigenvalue weighted by Gasteiger charge is -2.38. The highest BCUT2D eigenvalue weighted by Gasteiger charge is 2.36. The molecule has 154 valence electrons. The predicted octanol–water partition coefficient (Wildman–Crippen LogP) is 4.51. The number of piperidine rings is 1. The number of hydrogen-bond acceptors (Lipinski definition) is 5. The largest absolute Gasteiger partial charge is 0.461 e. The van der Waals surface area contributed by atoms with Crippen LogP contribution in [-0.2, 0) is 0 Å². The summed E-state index contributed by atoms with van der Waals surface area (Å²) in [4.78, 5) is 14.9. The van der Waals surface area contributed by atoms with Crippen LogP contribution >= 0.6 is 11.6 Å². The van der Waals surface area contributed by atoms with Crippen molar-refractivity contribution < 1.29 is 18.7 Å². The molecule has 1 aliphatic rings. The molecule has 7 heteroatoms. The van der Waals surface area contributed by atoms with Crippen LogP contribution < -0.4 is 5.73 Å². The molecule has 0 radical (unpaired) electrons. The van der Waals surface area contributed by atoms with Gasteiger partial charge in [-0.2, -0.15) is 0 Å². The van der Waals surface area contributed by atoms with Gasteiger partial charge in [0.05, 0.1) is 21.9 Å². The van der Waals surface area contributed by atoms with Gasteiger partial charge in [-0.25, -0.2) is 4.39 Å². The second-order valence-electron chi connectivity index (χ2n) is 8.58. The van der Waals surface area contributed by atoms with Crippen LogP contribution in [0, 0.1) is 6.92 Å². The predicted molar refractivity (Wildman–Crippen MR) is 110 cm³/mol. The van der Waals surface area contributed by atoms with E-state index in [9.17, 15) is 9.90 Å². The smallest absolute Gasteiger partial charge is 0.166 e. The fourth-order valence-electron chi connectivity index (χ4n) is 3.90. The van der Waals surface area contributed by atoms with Gasteiger partial charge in [0.25, 0.3) is 0 Å². The maximum atomic E-state index is 15.2. The van der Waals surface area contributed by atoms with E-state index in [1.165, 1.54) is 6.07 Å². The Balaban J connectivity index is 1.67. The number of rotatable bonds is 6. The van der Waals surface area contributed by atoms with Crippen molar-refractivity contribution in [2.75, 3.05) is 25.4 Å². The summed E-state index contributed by atoms with van der Waals surface area (Å²) in [6.07, 6.45) is 0.949. The zero-order valence-corrected chi connectivity index (χ0v) is 17.4. The standard InChI is InChI=1S/C21H28ClFN2O3/c1-13-10-15-18(24)16(22)11-14(19(15)28-13)17(26)4-5-21(23)6-8-25(9-7-21)12-20(2,3)27/h10-11,27H,4-9,12,24H2,1-3H3. The quantitative estimate of drug-likeness (QED) is 0.540. The molecule has 5 nitrogen and oxygen atoms in total. The lowest BCUT2D eigenvalue weighted by molar-refractivity contribution is -0.00366. The molecular formula is C21H28ClFN2O3. The van der Waals surface area contributed by atoms with Crippen molar-refractivity contribution in [3.05, 3.63) is 28.5 Å². The van der Waals surface area contributed by atoms with Gasteiger partial charge in [-0.3, -0.25) is 4.79 Å². The van der Waals surface area contributed by atoms with Gasteiger partial charge in [-0.1, -0.05) is 11.6 Å². The Labute approximate surface area is 169 Å². The average molecular weight is 411 g/mol. The van der Waals surface area contributed by atoms with Gasteiger partial charge < -0.3 is 20.2 Å². The third kappa shape index (κ3) is 4.67. The van der Waals surface area contributed by atoms with Crippen LogP contribution in [0.25, 0.3) is 11.0 Å². The number of aliphatic hydroxyl groups is 1. The molecule has 28 heavy (non-hydrogen) atoms. The Morgan fingerprint density at radius 1 is 1.39 bits per heavy atom. The first-order valence-corrected chi connectivity index (χ1v) is 10.0. The van der Waals surface area contributed by atoms with Gasteiger partial charge in [0, 0.05) is 31.4 Å². The molecule has 1 fully saturated rings. The number of nitrogens with zero attached hydrogens (tertiary/aromatic N) is 1. The third-order valence-electron chi connectivity index (χ3n) is 5.38. The highest BCUT2D eigenvalue weighted by Crippen LogP contribution is 2.36. The van der Waals surface area contributed by atoms with Crippen molar-refractivity contribution in [1.29, 1.82) is 0 Å². The van der Waals surface area contributed by atoms with E-state index in [-0.39, 0.29) is 18.6 Å². The number of carbonyl (C=O) groups is 1. The maximum absolute atomic E-state index is 15.2. The van der Waals surface area contributed by atoms with E-state index in [1.54, 1.807) is 26.8 Å². The van der Waals surface area contributed by atoms with Gasteiger partial charge in [-0.05, 0) is 52.2 Å². The zero-order chi connectivity index (χ0) is 20.7. The number of alkyl halides is 1. The summed E-state index contributed by atoms with van der Waals surface area (Å²) in [5, 5.41) is 10.8. The molecule has 0 atom stereocenters. The monoisotopic (exact) mass is 410 g/mol. The first-order valence-electron chi connectivity index (χ1n) is 9.62. The Hall–Kier alpha value is -1.63. The van der Waals surface area contributed by atoms with E-state index in [1.807, 2.05) is 0 Å². The minimum absolute atomic E-state index is 0.0804. The fraction of sp³-hybridized carbons (Fsp3) is 0.571. The van der Waals surface area contributed by atoms with Gasteiger partial charge in [0.1, 0.15) is 17.0 Å². The third-order valence-corrected chi connectivity index (χ3v) is 5.69. The van der Waals surface area contributed by atoms with E-state index in [2.05, 4.69) is 4.90 Å². The molecule has 2 aromatic rings. The van der Waals surface area contributed by atoms with Crippen LogP contribution in [0.2, 0.25) is 5.02 Å². The van der Waals surface area contributed by atoms with Crippen LogP contribution in [0.4, 0.5) is 10.1 Å².